The predicted octanol–water partition coefficient (Wildman–Crippen LogP) is 2.92. The molecular weight excluding hydrogens is 334 g/mol. The van der Waals surface area contributed by atoms with Gasteiger partial charge in [-0.25, -0.2) is 4.98 Å². The van der Waals surface area contributed by atoms with Crippen LogP contribution in [0.5, 0.6) is 0 Å². The number of hydrogen-bond acceptors (Lipinski definition) is 7. The number of rotatable bonds is 5. The van der Waals surface area contributed by atoms with E-state index in [0.717, 1.165) is 5.56 Å². The Morgan fingerprint density at radius 2 is 1.88 bits per heavy atom. The fraction of sp³-hybridized carbons (Fsp3) is 0.444. The van der Waals surface area contributed by atoms with Crippen LogP contribution in [0, 0.1) is 17.0 Å². The van der Waals surface area contributed by atoms with E-state index in [1.54, 1.807) is 6.92 Å². The lowest BCUT2D eigenvalue weighted by atomic mass is 10.2. The lowest BCUT2D eigenvalue weighted by Gasteiger charge is -2.35. The van der Waals surface area contributed by atoms with Crippen molar-refractivity contribution < 1.29 is 9.66 Å². The third-order valence-electron chi connectivity index (χ3n) is 4.23. The number of anilines is 2. The monoisotopic (exact) mass is 357 g/mol. The van der Waals surface area contributed by atoms with E-state index in [4.69, 9.17) is 4.74 Å². The van der Waals surface area contributed by atoms with Gasteiger partial charge >= 0.3 is 5.69 Å². The van der Waals surface area contributed by atoms with E-state index >= 15 is 0 Å². The largest absolute Gasteiger partial charge is 0.372 e. The summed E-state index contributed by atoms with van der Waals surface area (Å²) in [6.07, 6.45) is 0.108. The molecule has 26 heavy (non-hydrogen) atoms. The van der Waals surface area contributed by atoms with Crippen LogP contribution in [0.3, 0.4) is 0 Å². The highest BCUT2D eigenvalue weighted by atomic mass is 16.6. The first-order valence-electron chi connectivity index (χ1n) is 8.65. The molecule has 138 valence electrons. The second kappa shape index (κ2) is 7.65. The number of hydrogen-bond donors (Lipinski definition) is 1. The van der Waals surface area contributed by atoms with Gasteiger partial charge in [0.1, 0.15) is 5.69 Å². The van der Waals surface area contributed by atoms with Crippen LogP contribution in [0.25, 0.3) is 0 Å². The zero-order valence-electron chi connectivity index (χ0n) is 15.2. The quantitative estimate of drug-likeness (QED) is 0.649. The molecule has 0 bridgehead atoms. The molecule has 0 amide bonds. The van der Waals surface area contributed by atoms with Gasteiger partial charge in [0.05, 0.1) is 17.1 Å². The number of aromatic nitrogens is 2. The van der Waals surface area contributed by atoms with Crippen molar-refractivity contribution in [1.29, 1.82) is 0 Å². The summed E-state index contributed by atoms with van der Waals surface area (Å²) >= 11 is 0. The Labute approximate surface area is 152 Å². The molecule has 1 aromatic carbocycles. The number of nitrogens with zero attached hydrogens (tertiary/aromatic N) is 4. The van der Waals surface area contributed by atoms with Gasteiger partial charge in [-0.2, -0.15) is 4.98 Å². The van der Waals surface area contributed by atoms with Crippen LogP contribution >= 0.6 is 0 Å². The summed E-state index contributed by atoms with van der Waals surface area (Å²) in [4.78, 5) is 21.9. The fourth-order valence-corrected chi connectivity index (χ4v) is 3.16. The van der Waals surface area contributed by atoms with Crippen LogP contribution in [0.2, 0.25) is 0 Å². The highest BCUT2D eigenvalue weighted by molar-refractivity contribution is 5.61. The molecule has 1 fully saturated rings. The number of aryl methyl sites for hydroxylation is 1. The molecule has 0 unspecified atom stereocenters. The molecule has 1 aliphatic rings. The minimum Gasteiger partial charge on any atom is -0.372 e. The molecule has 8 nitrogen and oxygen atoms in total. The lowest BCUT2D eigenvalue weighted by Crippen LogP contribution is -2.46. The number of nitrogens with one attached hydrogen (secondary N) is 1. The Morgan fingerprint density at radius 1 is 1.23 bits per heavy atom. The van der Waals surface area contributed by atoms with Gasteiger partial charge in [-0.15, -0.1) is 0 Å². The van der Waals surface area contributed by atoms with Crippen molar-refractivity contribution in [1.82, 2.24) is 9.97 Å². The molecule has 1 saturated heterocycles. The van der Waals surface area contributed by atoms with Gasteiger partial charge < -0.3 is 15.0 Å². The molecule has 2 heterocycles. The Balaban J connectivity index is 1.90. The second-order valence-corrected chi connectivity index (χ2v) is 6.56. The molecule has 1 N–H and O–H groups in total. The normalized spacial score (nSPS) is 20.0. The van der Waals surface area contributed by atoms with Crippen LogP contribution in [0.4, 0.5) is 17.5 Å². The Morgan fingerprint density at radius 3 is 2.50 bits per heavy atom. The van der Waals surface area contributed by atoms with Crippen molar-refractivity contribution in [3.63, 3.8) is 0 Å². The third kappa shape index (κ3) is 4.08. The molecular formula is C18H23N5O3. The molecule has 2 aromatic rings. The molecule has 3 rings (SSSR count). The van der Waals surface area contributed by atoms with Crippen LogP contribution in [0.15, 0.2) is 30.3 Å². The summed E-state index contributed by atoms with van der Waals surface area (Å²) in [5, 5.41) is 14.6. The summed E-state index contributed by atoms with van der Waals surface area (Å²) in [5.41, 5.74) is 1.29. The van der Waals surface area contributed by atoms with Gasteiger partial charge in [-0.3, -0.25) is 10.1 Å². The summed E-state index contributed by atoms with van der Waals surface area (Å²) in [5.74, 6) is 0.735. The first-order valence-corrected chi connectivity index (χ1v) is 8.65. The van der Waals surface area contributed by atoms with Gasteiger partial charge in [0.25, 0.3) is 0 Å². The summed E-state index contributed by atoms with van der Waals surface area (Å²) in [6, 6.07) is 9.70. The topological polar surface area (TPSA) is 93.4 Å². The van der Waals surface area contributed by atoms with E-state index in [0.29, 0.717) is 31.3 Å². The van der Waals surface area contributed by atoms with Crippen molar-refractivity contribution in [2.75, 3.05) is 23.3 Å². The first kappa shape index (κ1) is 18.1. The first-order chi connectivity index (χ1) is 12.4. The molecule has 0 saturated carbocycles. The third-order valence-corrected chi connectivity index (χ3v) is 4.23. The lowest BCUT2D eigenvalue weighted by molar-refractivity contribution is -0.385. The molecule has 2 atom stereocenters. The van der Waals surface area contributed by atoms with Gasteiger partial charge in [0.2, 0.25) is 11.8 Å². The van der Waals surface area contributed by atoms with Crippen LogP contribution < -0.4 is 10.2 Å². The fourth-order valence-electron chi connectivity index (χ4n) is 3.16. The number of nitro groups is 1. The summed E-state index contributed by atoms with van der Waals surface area (Å²) in [7, 11) is 0. The summed E-state index contributed by atoms with van der Waals surface area (Å²) < 4.78 is 5.74. The average molecular weight is 357 g/mol. The highest BCUT2D eigenvalue weighted by Crippen LogP contribution is 2.29. The molecule has 0 aliphatic carbocycles. The maximum absolute atomic E-state index is 11.5. The Hall–Kier alpha value is -2.74. The predicted molar refractivity (Wildman–Crippen MR) is 99.4 cm³/mol. The Kier molecular flexibility index (Phi) is 5.32. The summed E-state index contributed by atoms with van der Waals surface area (Å²) in [6.45, 7) is 7.39. The van der Waals surface area contributed by atoms with Crippen molar-refractivity contribution in [2.45, 2.75) is 39.5 Å². The van der Waals surface area contributed by atoms with E-state index in [1.807, 2.05) is 49.1 Å². The van der Waals surface area contributed by atoms with Gasteiger partial charge in [-0.1, -0.05) is 30.3 Å². The van der Waals surface area contributed by atoms with Crippen molar-refractivity contribution >= 4 is 17.5 Å². The van der Waals surface area contributed by atoms with E-state index in [-0.39, 0.29) is 23.7 Å². The van der Waals surface area contributed by atoms with E-state index in [9.17, 15) is 10.1 Å². The van der Waals surface area contributed by atoms with E-state index in [1.165, 1.54) is 0 Å². The Bertz CT molecular complexity index is 774. The standard InChI is InChI=1S/C18H23N5O3/c1-12-10-22(11-13(2)26-12)18-20-14(3)16(23(24)25)17(21-18)19-9-15-7-5-4-6-8-15/h4-8,12-13H,9-11H2,1-3H3,(H,19,20,21)/t12-,13-/m0/s1. The number of benzene rings is 1. The van der Waals surface area contributed by atoms with Crippen LogP contribution in [-0.4, -0.2) is 40.2 Å². The minimum atomic E-state index is -0.434. The minimum absolute atomic E-state index is 0.0542. The van der Waals surface area contributed by atoms with E-state index < -0.39 is 4.92 Å². The van der Waals surface area contributed by atoms with Gasteiger partial charge in [0.15, 0.2) is 0 Å². The zero-order chi connectivity index (χ0) is 18.7. The van der Waals surface area contributed by atoms with Gasteiger partial charge in [-0.05, 0) is 26.3 Å². The SMILES string of the molecule is Cc1nc(N2C[C@H](C)O[C@@H](C)C2)nc(NCc2ccccc2)c1[N+](=O)[O-]. The molecule has 8 heteroatoms. The van der Waals surface area contributed by atoms with E-state index in [2.05, 4.69) is 15.3 Å². The zero-order valence-corrected chi connectivity index (χ0v) is 15.2. The molecule has 1 aromatic heterocycles. The second-order valence-electron chi connectivity index (χ2n) is 6.56. The van der Waals surface area contributed by atoms with Crippen LogP contribution in [-0.2, 0) is 11.3 Å². The van der Waals surface area contributed by atoms with Crippen molar-refractivity contribution in [2.24, 2.45) is 0 Å². The number of morpholine rings is 1. The van der Waals surface area contributed by atoms with Gasteiger partial charge in [0, 0.05) is 19.6 Å². The molecule has 0 spiro atoms. The maximum atomic E-state index is 11.5. The molecule has 1 aliphatic heterocycles. The highest BCUT2D eigenvalue weighted by Gasteiger charge is 2.28. The van der Waals surface area contributed by atoms with Crippen molar-refractivity contribution in [3.8, 4) is 0 Å². The van der Waals surface area contributed by atoms with Crippen molar-refractivity contribution in [3.05, 3.63) is 51.7 Å². The molecule has 0 radical (unpaired) electrons. The average Bonchev–Trinajstić information content (AvgIpc) is 2.59. The smallest absolute Gasteiger partial charge is 0.332 e. The van der Waals surface area contributed by atoms with Crippen LogP contribution in [0.1, 0.15) is 25.1 Å². The maximum Gasteiger partial charge on any atom is 0.332 e. The number of ether oxygens (including phenoxy) is 1.